The van der Waals surface area contributed by atoms with Gasteiger partial charge in [-0.2, -0.15) is 0 Å². The number of halogens is 1. The van der Waals surface area contributed by atoms with Gasteiger partial charge in [0.1, 0.15) is 5.82 Å². The largest absolute Gasteiger partial charge is 0.356 e. The third kappa shape index (κ3) is 6.39. The van der Waals surface area contributed by atoms with E-state index in [2.05, 4.69) is 27.5 Å². The molecule has 0 aliphatic heterocycles. The van der Waals surface area contributed by atoms with Crippen molar-refractivity contribution in [3.05, 3.63) is 16.7 Å². The summed E-state index contributed by atoms with van der Waals surface area (Å²) in [5, 5.41) is 6.57. The van der Waals surface area contributed by atoms with Gasteiger partial charge in [-0.3, -0.25) is 4.79 Å². The molecule has 6 heteroatoms. The van der Waals surface area contributed by atoms with Crippen molar-refractivity contribution in [1.82, 2.24) is 20.6 Å². The van der Waals surface area contributed by atoms with Gasteiger partial charge in [0.05, 0.1) is 5.69 Å². The van der Waals surface area contributed by atoms with E-state index in [-0.39, 0.29) is 5.91 Å². The van der Waals surface area contributed by atoms with Gasteiger partial charge in [-0.1, -0.05) is 31.9 Å². The SMILES string of the molecule is CCCCc1nc(Cl)c(CNCCC(=O)NCCC)[nH]1. The van der Waals surface area contributed by atoms with E-state index in [1.807, 2.05) is 6.92 Å². The number of unbranched alkanes of at least 4 members (excludes halogenated alkanes) is 1. The van der Waals surface area contributed by atoms with Crippen LogP contribution < -0.4 is 10.6 Å². The van der Waals surface area contributed by atoms with Crippen LogP contribution >= 0.6 is 11.6 Å². The molecule has 0 aliphatic rings. The molecule has 0 fully saturated rings. The summed E-state index contributed by atoms with van der Waals surface area (Å²) in [7, 11) is 0. The number of H-pyrrole nitrogens is 1. The molecule has 1 aromatic heterocycles. The molecule has 0 spiro atoms. The zero-order valence-corrected chi connectivity index (χ0v) is 13.1. The Morgan fingerprint density at radius 1 is 1.30 bits per heavy atom. The number of hydrogen-bond donors (Lipinski definition) is 3. The van der Waals surface area contributed by atoms with E-state index < -0.39 is 0 Å². The molecule has 0 saturated heterocycles. The molecular weight excluding hydrogens is 276 g/mol. The van der Waals surface area contributed by atoms with Gasteiger partial charge < -0.3 is 15.6 Å². The van der Waals surface area contributed by atoms with Crippen LogP contribution in [0.3, 0.4) is 0 Å². The number of aromatic amines is 1. The maximum atomic E-state index is 11.4. The summed E-state index contributed by atoms with van der Waals surface area (Å²) in [5.41, 5.74) is 0.895. The Hall–Kier alpha value is -1.07. The smallest absolute Gasteiger partial charge is 0.221 e. The third-order valence-electron chi connectivity index (χ3n) is 2.95. The molecule has 0 aromatic carbocycles. The second-order valence-corrected chi connectivity index (χ2v) is 5.19. The van der Waals surface area contributed by atoms with Crippen LogP contribution in [0.5, 0.6) is 0 Å². The van der Waals surface area contributed by atoms with Gasteiger partial charge in [-0.05, 0) is 12.8 Å². The zero-order valence-electron chi connectivity index (χ0n) is 12.4. The van der Waals surface area contributed by atoms with Crippen LogP contribution in [0.1, 0.15) is 51.0 Å². The molecule has 5 nitrogen and oxygen atoms in total. The third-order valence-corrected chi connectivity index (χ3v) is 3.26. The maximum absolute atomic E-state index is 11.4. The van der Waals surface area contributed by atoms with Crippen molar-refractivity contribution in [3.63, 3.8) is 0 Å². The number of carbonyl (C=O) groups is 1. The van der Waals surface area contributed by atoms with Crippen molar-refractivity contribution < 1.29 is 4.79 Å². The first-order valence-electron chi connectivity index (χ1n) is 7.38. The Balaban J connectivity index is 2.24. The Morgan fingerprint density at radius 3 is 2.80 bits per heavy atom. The lowest BCUT2D eigenvalue weighted by molar-refractivity contribution is -0.120. The maximum Gasteiger partial charge on any atom is 0.221 e. The van der Waals surface area contributed by atoms with Crippen LogP contribution in [0, 0.1) is 0 Å². The zero-order chi connectivity index (χ0) is 14.8. The van der Waals surface area contributed by atoms with Crippen LogP contribution in [0.25, 0.3) is 0 Å². The van der Waals surface area contributed by atoms with Crippen molar-refractivity contribution in [2.75, 3.05) is 13.1 Å². The van der Waals surface area contributed by atoms with Gasteiger partial charge in [0.2, 0.25) is 5.91 Å². The minimum atomic E-state index is 0.0821. The first kappa shape index (κ1) is 17.0. The van der Waals surface area contributed by atoms with Crippen molar-refractivity contribution in [2.45, 2.75) is 52.5 Å². The van der Waals surface area contributed by atoms with Crippen LogP contribution in [-0.4, -0.2) is 29.0 Å². The molecule has 0 saturated carbocycles. The number of hydrogen-bond acceptors (Lipinski definition) is 3. The van der Waals surface area contributed by atoms with E-state index in [9.17, 15) is 4.79 Å². The quantitative estimate of drug-likeness (QED) is 0.581. The van der Waals surface area contributed by atoms with E-state index in [0.717, 1.165) is 43.7 Å². The molecule has 0 unspecified atom stereocenters. The number of nitrogens with one attached hydrogen (secondary N) is 3. The highest BCUT2D eigenvalue weighted by Gasteiger charge is 2.07. The fourth-order valence-electron chi connectivity index (χ4n) is 1.79. The van der Waals surface area contributed by atoms with E-state index in [1.165, 1.54) is 0 Å². The molecule has 1 aromatic rings. The molecule has 114 valence electrons. The van der Waals surface area contributed by atoms with Crippen molar-refractivity contribution in [3.8, 4) is 0 Å². The Labute approximate surface area is 125 Å². The highest BCUT2D eigenvalue weighted by Crippen LogP contribution is 2.13. The van der Waals surface area contributed by atoms with Crippen molar-refractivity contribution in [2.24, 2.45) is 0 Å². The van der Waals surface area contributed by atoms with E-state index >= 15 is 0 Å². The van der Waals surface area contributed by atoms with Crippen LogP contribution in [0.15, 0.2) is 0 Å². The molecular formula is C14H25ClN4O. The number of amides is 1. The second kappa shape index (κ2) is 9.77. The van der Waals surface area contributed by atoms with Crippen molar-refractivity contribution in [1.29, 1.82) is 0 Å². The number of rotatable bonds is 10. The average Bonchev–Trinajstić information content (AvgIpc) is 2.79. The van der Waals surface area contributed by atoms with Crippen LogP contribution in [0.2, 0.25) is 5.15 Å². The minimum absolute atomic E-state index is 0.0821. The Kier molecular flexibility index (Phi) is 8.30. The summed E-state index contributed by atoms with van der Waals surface area (Å²) in [6, 6.07) is 0. The highest BCUT2D eigenvalue weighted by atomic mass is 35.5. The number of aromatic nitrogens is 2. The molecule has 0 atom stereocenters. The van der Waals surface area contributed by atoms with Crippen LogP contribution in [0.4, 0.5) is 0 Å². The summed E-state index contributed by atoms with van der Waals surface area (Å²) in [6.45, 7) is 6.17. The Morgan fingerprint density at radius 2 is 2.10 bits per heavy atom. The average molecular weight is 301 g/mol. The van der Waals surface area contributed by atoms with E-state index in [0.29, 0.717) is 24.7 Å². The number of imidazole rings is 1. The predicted octanol–water partition coefficient (Wildman–Crippen LogP) is 2.41. The summed E-state index contributed by atoms with van der Waals surface area (Å²) < 4.78 is 0. The molecule has 3 N–H and O–H groups in total. The summed E-state index contributed by atoms with van der Waals surface area (Å²) in [4.78, 5) is 18.9. The van der Waals surface area contributed by atoms with Crippen LogP contribution in [-0.2, 0) is 17.8 Å². The standard InChI is InChI=1S/C14H25ClN4O/c1-3-5-6-12-18-11(14(15)19-12)10-16-9-7-13(20)17-8-4-2/h16H,3-10H2,1-2H3,(H,17,20)(H,18,19). The van der Waals surface area contributed by atoms with E-state index in [4.69, 9.17) is 11.6 Å². The first-order chi connectivity index (χ1) is 9.67. The molecule has 0 radical (unpaired) electrons. The lowest BCUT2D eigenvalue weighted by Gasteiger charge is -2.04. The molecule has 1 amide bonds. The minimum Gasteiger partial charge on any atom is -0.356 e. The summed E-state index contributed by atoms with van der Waals surface area (Å²) in [6.07, 6.45) is 4.61. The first-order valence-corrected chi connectivity index (χ1v) is 7.75. The summed E-state index contributed by atoms with van der Waals surface area (Å²) in [5.74, 6) is 1.02. The second-order valence-electron chi connectivity index (χ2n) is 4.83. The van der Waals surface area contributed by atoms with Crippen molar-refractivity contribution >= 4 is 17.5 Å². The fraction of sp³-hybridized carbons (Fsp3) is 0.714. The predicted molar refractivity (Wildman–Crippen MR) is 81.8 cm³/mol. The van der Waals surface area contributed by atoms with Gasteiger partial charge in [-0.25, -0.2) is 4.98 Å². The van der Waals surface area contributed by atoms with Gasteiger partial charge in [0.25, 0.3) is 0 Å². The van der Waals surface area contributed by atoms with Gasteiger partial charge in [-0.15, -0.1) is 0 Å². The summed E-state index contributed by atoms with van der Waals surface area (Å²) >= 11 is 6.07. The van der Waals surface area contributed by atoms with Gasteiger partial charge in [0, 0.05) is 32.5 Å². The fourth-order valence-corrected chi connectivity index (χ4v) is 2.00. The molecule has 1 heterocycles. The lowest BCUT2D eigenvalue weighted by Crippen LogP contribution is -2.28. The monoisotopic (exact) mass is 300 g/mol. The van der Waals surface area contributed by atoms with E-state index in [1.54, 1.807) is 0 Å². The number of carbonyl (C=O) groups excluding carboxylic acids is 1. The Bertz CT molecular complexity index is 406. The molecule has 0 bridgehead atoms. The molecule has 20 heavy (non-hydrogen) atoms. The number of aryl methyl sites for hydroxylation is 1. The normalized spacial score (nSPS) is 10.8. The molecule has 0 aliphatic carbocycles. The topological polar surface area (TPSA) is 69.8 Å². The molecule has 1 rings (SSSR count). The lowest BCUT2D eigenvalue weighted by atomic mass is 10.2. The van der Waals surface area contributed by atoms with Gasteiger partial charge in [0.15, 0.2) is 5.15 Å². The number of nitrogens with zero attached hydrogens (tertiary/aromatic N) is 1. The highest BCUT2D eigenvalue weighted by molar-refractivity contribution is 6.30. The van der Waals surface area contributed by atoms with Gasteiger partial charge >= 0.3 is 0 Å².